The third kappa shape index (κ3) is 5.53. The molecular formula is C29H29ClO5. The van der Waals surface area contributed by atoms with E-state index in [9.17, 15) is 9.90 Å². The summed E-state index contributed by atoms with van der Waals surface area (Å²) >= 11 is 6.17. The minimum absolute atomic E-state index is 0.0325. The topological polar surface area (TPSA) is 65.0 Å². The molecule has 4 atom stereocenters. The maximum atomic E-state index is 11.3. The molecule has 182 valence electrons. The van der Waals surface area contributed by atoms with Crippen molar-refractivity contribution in [3.05, 3.63) is 107 Å². The first kappa shape index (κ1) is 24.8. The van der Waals surface area contributed by atoms with Crippen LogP contribution in [-0.4, -0.2) is 24.8 Å². The van der Waals surface area contributed by atoms with Crippen LogP contribution in [0.4, 0.5) is 0 Å². The number of carboxylic acid groups (broad SMARTS) is 1. The molecule has 0 unspecified atom stereocenters. The van der Waals surface area contributed by atoms with Gasteiger partial charge in [-0.2, -0.15) is 0 Å². The molecule has 0 saturated carbocycles. The van der Waals surface area contributed by atoms with E-state index in [1.807, 2.05) is 49.4 Å². The zero-order chi connectivity index (χ0) is 24.9. The van der Waals surface area contributed by atoms with Gasteiger partial charge in [0.25, 0.3) is 0 Å². The molecule has 1 fully saturated rings. The van der Waals surface area contributed by atoms with Crippen molar-refractivity contribution in [2.45, 2.75) is 31.5 Å². The normalized spacial score (nSPS) is 21.8. The SMILES string of the molecule is C=C(C)[C@H]1C[C@H](c2ccc(Cl)cc2)[C@H](c2ccccc2)O[C@@H]1c1cccc(OC)c1OCC(=O)O. The molecule has 0 spiro atoms. The number of carbonyl (C=O) groups is 1. The van der Waals surface area contributed by atoms with Crippen LogP contribution >= 0.6 is 11.6 Å². The van der Waals surface area contributed by atoms with Crippen LogP contribution in [0.15, 0.2) is 84.9 Å². The van der Waals surface area contributed by atoms with E-state index in [0.717, 1.165) is 28.7 Å². The van der Waals surface area contributed by atoms with Crippen LogP contribution < -0.4 is 9.47 Å². The third-order valence-corrected chi connectivity index (χ3v) is 6.72. The second-order valence-electron chi connectivity index (χ2n) is 8.80. The molecule has 0 radical (unpaired) electrons. The Morgan fingerprint density at radius 3 is 2.37 bits per heavy atom. The number of hydrogen-bond acceptors (Lipinski definition) is 4. The van der Waals surface area contributed by atoms with Crippen LogP contribution in [0.3, 0.4) is 0 Å². The van der Waals surface area contributed by atoms with Crippen LogP contribution in [0.2, 0.25) is 5.02 Å². The Labute approximate surface area is 210 Å². The number of hydrogen-bond donors (Lipinski definition) is 1. The monoisotopic (exact) mass is 492 g/mol. The Morgan fingerprint density at radius 1 is 1.03 bits per heavy atom. The van der Waals surface area contributed by atoms with E-state index in [-0.39, 0.29) is 17.9 Å². The van der Waals surface area contributed by atoms with Gasteiger partial charge in [-0.3, -0.25) is 0 Å². The molecule has 3 aromatic rings. The van der Waals surface area contributed by atoms with Gasteiger partial charge in [0, 0.05) is 22.4 Å². The lowest BCUT2D eigenvalue weighted by Gasteiger charge is -2.43. The average Bonchev–Trinajstić information content (AvgIpc) is 2.87. The standard InChI is InChI=1S/C29H29ClO5/c1-18(2)23-16-24(19-12-14-21(30)15-13-19)27(20-8-5-4-6-9-20)35-28(23)22-10-7-11-25(33-3)29(22)34-17-26(31)32/h4-15,23-24,27-28H,1,16-17H2,2-3H3,(H,31,32)/t23-,24-,27+,28-/m1/s1. The van der Waals surface area contributed by atoms with Crippen molar-refractivity contribution < 1.29 is 24.1 Å². The molecule has 1 N–H and O–H groups in total. The van der Waals surface area contributed by atoms with E-state index in [1.54, 1.807) is 6.07 Å². The number of methoxy groups -OCH3 is 1. The molecule has 6 heteroatoms. The third-order valence-electron chi connectivity index (χ3n) is 6.47. The number of halogens is 1. The van der Waals surface area contributed by atoms with Crippen molar-refractivity contribution >= 4 is 17.6 Å². The van der Waals surface area contributed by atoms with E-state index >= 15 is 0 Å². The highest BCUT2D eigenvalue weighted by Gasteiger charge is 2.42. The van der Waals surface area contributed by atoms with Gasteiger partial charge in [-0.1, -0.05) is 78.4 Å². The van der Waals surface area contributed by atoms with Crippen LogP contribution in [0.25, 0.3) is 0 Å². The molecule has 35 heavy (non-hydrogen) atoms. The van der Waals surface area contributed by atoms with Gasteiger partial charge >= 0.3 is 5.97 Å². The maximum Gasteiger partial charge on any atom is 0.341 e. The summed E-state index contributed by atoms with van der Waals surface area (Å²) in [6.45, 7) is 5.80. The highest BCUT2D eigenvalue weighted by molar-refractivity contribution is 6.30. The van der Waals surface area contributed by atoms with E-state index in [4.69, 9.17) is 25.8 Å². The van der Waals surface area contributed by atoms with Gasteiger partial charge in [0.05, 0.1) is 19.3 Å². The van der Waals surface area contributed by atoms with Gasteiger partial charge < -0.3 is 19.3 Å². The van der Waals surface area contributed by atoms with Gasteiger partial charge in [0.2, 0.25) is 0 Å². The molecular weight excluding hydrogens is 464 g/mol. The Kier molecular flexibility index (Phi) is 7.79. The summed E-state index contributed by atoms with van der Waals surface area (Å²) in [5.41, 5.74) is 3.93. The molecule has 4 rings (SSSR count). The second kappa shape index (κ2) is 11.0. The lowest BCUT2D eigenvalue weighted by Crippen LogP contribution is -2.32. The Balaban J connectivity index is 1.81. The number of carboxylic acids is 1. The Hall–Kier alpha value is -3.28. The number of ether oxygens (including phenoxy) is 3. The molecule has 1 heterocycles. The van der Waals surface area contributed by atoms with E-state index in [0.29, 0.717) is 16.5 Å². The summed E-state index contributed by atoms with van der Waals surface area (Å²) in [5.74, 6) is -0.182. The van der Waals surface area contributed by atoms with E-state index in [2.05, 4.69) is 30.8 Å². The highest BCUT2D eigenvalue weighted by Crippen LogP contribution is 2.54. The fourth-order valence-corrected chi connectivity index (χ4v) is 4.92. The summed E-state index contributed by atoms with van der Waals surface area (Å²) in [4.78, 5) is 11.3. The van der Waals surface area contributed by atoms with Gasteiger partial charge in [0.1, 0.15) is 0 Å². The second-order valence-corrected chi connectivity index (χ2v) is 9.23. The van der Waals surface area contributed by atoms with Crippen LogP contribution in [0.5, 0.6) is 11.5 Å². The lowest BCUT2D eigenvalue weighted by atomic mass is 9.74. The molecule has 1 aliphatic rings. The summed E-state index contributed by atoms with van der Waals surface area (Å²) < 4.78 is 18.1. The summed E-state index contributed by atoms with van der Waals surface area (Å²) in [5, 5.41) is 9.92. The molecule has 3 aromatic carbocycles. The first-order valence-electron chi connectivity index (χ1n) is 11.5. The number of benzene rings is 3. The molecule has 1 aliphatic heterocycles. The predicted octanol–water partition coefficient (Wildman–Crippen LogP) is 6.99. The van der Waals surface area contributed by atoms with Gasteiger partial charge in [-0.15, -0.1) is 0 Å². The van der Waals surface area contributed by atoms with Gasteiger partial charge in [-0.05, 0) is 42.7 Å². The predicted molar refractivity (Wildman–Crippen MR) is 136 cm³/mol. The molecule has 5 nitrogen and oxygen atoms in total. The van der Waals surface area contributed by atoms with Crippen LogP contribution in [0.1, 0.15) is 48.2 Å². The Morgan fingerprint density at radius 2 is 1.74 bits per heavy atom. The Bertz CT molecular complexity index is 1180. The molecule has 1 saturated heterocycles. The summed E-state index contributed by atoms with van der Waals surface area (Å²) in [6.07, 6.45) is 0.146. The number of rotatable bonds is 8. The first-order valence-corrected chi connectivity index (χ1v) is 11.9. The maximum absolute atomic E-state index is 11.3. The zero-order valence-corrected chi connectivity index (χ0v) is 20.6. The largest absolute Gasteiger partial charge is 0.493 e. The van der Waals surface area contributed by atoms with Crippen molar-refractivity contribution in [2.24, 2.45) is 5.92 Å². The molecule has 0 bridgehead atoms. The van der Waals surface area contributed by atoms with Gasteiger partial charge in [-0.25, -0.2) is 4.79 Å². The van der Waals surface area contributed by atoms with Crippen molar-refractivity contribution in [2.75, 3.05) is 13.7 Å². The van der Waals surface area contributed by atoms with Crippen molar-refractivity contribution in [1.29, 1.82) is 0 Å². The zero-order valence-electron chi connectivity index (χ0n) is 19.8. The van der Waals surface area contributed by atoms with E-state index in [1.165, 1.54) is 7.11 Å². The number of aliphatic carboxylic acids is 1. The van der Waals surface area contributed by atoms with Gasteiger partial charge in [0.15, 0.2) is 18.1 Å². The quantitative estimate of drug-likeness (QED) is 0.343. The van der Waals surface area contributed by atoms with Crippen molar-refractivity contribution in [3.63, 3.8) is 0 Å². The summed E-state index contributed by atoms with van der Waals surface area (Å²) in [7, 11) is 1.54. The minimum Gasteiger partial charge on any atom is -0.493 e. The van der Waals surface area contributed by atoms with E-state index < -0.39 is 18.7 Å². The fourth-order valence-electron chi connectivity index (χ4n) is 4.80. The summed E-state index contributed by atoms with van der Waals surface area (Å²) in [6, 6.07) is 23.6. The highest BCUT2D eigenvalue weighted by atomic mass is 35.5. The van der Waals surface area contributed by atoms with Crippen molar-refractivity contribution in [3.8, 4) is 11.5 Å². The minimum atomic E-state index is -1.06. The van der Waals surface area contributed by atoms with Crippen molar-refractivity contribution in [1.82, 2.24) is 0 Å². The fraction of sp³-hybridized carbons (Fsp3) is 0.276. The average molecular weight is 493 g/mol. The molecule has 0 aliphatic carbocycles. The van der Waals surface area contributed by atoms with Crippen LogP contribution in [-0.2, 0) is 9.53 Å². The number of para-hydroxylation sites is 1. The molecule has 0 amide bonds. The lowest BCUT2D eigenvalue weighted by molar-refractivity contribution is -0.139. The smallest absolute Gasteiger partial charge is 0.341 e. The first-order chi connectivity index (χ1) is 16.9. The molecule has 0 aromatic heterocycles. The van der Waals surface area contributed by atoms with Crippen LogP contribution in [0, 0.1) is 5.92 Å².